The minimum atomic E-state index is -1.57. The maximum atomic E-state index is 13.9. The molecule has 2 fully saturated rings. The summed E-state index contributed by atoms with van der Waals surface area (Å²) < 4.78 is 45.9. The largest absolute Gasteiger partial charge is 0.514 e. The van der Waals surface area contributed by atoms with Gasteiger partial charge in [-0.2, -0.15) is 0 Å². The molecule has 14 heteroatoms. The number of esters is 3. The van der Waals surface area contributed by atoms with Gasteiger partial charge in [0.1, 0.15) is 17.0 Å². The lowest BCUT2D eigenvalue weighted by atomic mass is 9.50. The van der Waals surface area contributed by atoms with Crippen molar-refractivity contribution in [1.29, 1.82) is 0 Å². The van der Waals surface area contributed by atoms with Crippen LogP contribution in [0.2, 0.25) is 0 Å². The minimum Gasteiger partial charge on any atom is -0.477 e. The number of hydrogen-bond acceptors (Lipinski definition) is 14. The van der Waals surface area contributed by atoms with E-state index in [9.17, 15) is 24.3 Å². The lowest BCUT2D eigenvalue weighted by Crippen LogP contribution is -2.74. The number of carbonyl (C=O) groups excluding carboxylic acids is 4. The van der Waals surface area contributed by atoms with Crippen molar-refractivity contribution in [3.05, 3.63) is 35.1 Å². The first-order chi connectivity index (χ1) is 23.0. The van der Waals surface area contributed by atoms with E-state index in [-0.39, 0.29) is 29.7 Å². The molecule has 5 aliphatic rings. The Morgan fingerprint density at radius 2 is 1.60 bits per heavy atom. The monoisotopic (exact) mass is 701 g/mol. The van der Waals surface area contributed by atoms with Crippen LogP contribution in [0.3, 0.4) is 0 Å². The Bertz CT molecular complexity index is 1640. The molecule has 7 atom stereocenters. The topological polar surface area (TPSA) is 166 Å². The first-order valence-corrected chi connectivity index (χ1v) is 16.9. The van der Waals surface area contributed by atoms with Crippen LogP contribution in [0, 0.1) is 0 Å². The van der Waals surface area contributed by atoms with Gasteiger partial charge in [-0.3, -0.25) is 0 Å². The zero-order chi connectivity index (χ0) is 36.8. The number of aliphatic hydroxyl groups is 1. The van der Waals surface area contributed by atoms with Crippen LogP contribution < -0.4 is 9.47 Å². The summed E-state index contributed by atoms with van der Waals surface area (Å²) in [7, 11) is 1.97. The summed E-state index contributed by atoms with van der Waals surface area (Å²) in [6.45, 7) is 15.3. The number of ether oxygens (including phenoxy) is 8. The first-order valence-electron chi connectivity index (χ1n) is 16.9. The third kappa shape index (κ3) is 6.13. The predicted molar refractivity (Wildman–Crippen MR) is 173 cm³/mol. The average molecular weight is 702 g/mol. The van der Waals surface area contributed by atoms with Gasteiger partial charge in [-0.25, -0.2) is 19.2 Å². The van der Waals surface area contributed by atoms with Crippen molar-refractivity contribution < 1.29 is 62.2 Å². The quantitative estimate of drug-likeness (QED) is 0.260. The Morgan fingerprint density at radius 1 is 0.960 bits per heavy atom. The second-order valence-corrected chi connectivity index (χ2v) is 16.2. The lowest BCUT2D eigenvalue weighted by molar-refractivity contribution is -0.184. The molecule has 3 heterocycles. The summed E-state index contributed by atoms with van der Waals surface area (Å²) in [6, 6.07) is 3.23. The molecule has 2 bridgehead atoms. The zero-order valence-electron chi connectivity index (χ0n) is 30.2. The first kappa shape index (κ1) is 36.1. The van der Waals surface area contributed by atoms with Crippen molar-refractivity contribution in [2.24, 2.45) is 0 Å². The van der Waals surface area contributed by atoms with E-state index < -0.39 is 76.5 Å². The van der Waals surface area contributed by atoms with Crippen molar-refractivity contribution in [2.45, 2.75) is 140 Å². The summed E-state index contributed by atoms with van der Waals surface area (Å²) >= 11 is 0. The molecule has 0 amide bonds. The van der Waals surface area contributed by atoms with Gasteiger partial charge < -0.3 is 47.9 Å². The normalized spacial score (nSPS) is 31.4. The molecule has 1 aromatic rings. The SMILES string of the molecule is CC(OC(=O)[C@@H]1OC(C)(C)O[C@H]1C(=O)OC1=CC[C@@]2(O)[C@H]3Cc4ccc(OC(=O)OC(C)(C)C)c5c4[C@@]2(CCN3C)[C@H]1O5)C(=O)OC(C)(C)C. The van der Waals surface area contributed by atoms with Crippen LogP contribution in [-0.4, -0.2) is 101 Å². The maximum absolute atomic E-state index is 13.9. The number of rotatable bonds is 6. The Kier molecular flexibility index (Phi) is 8.61. The number of hydrogen-bond donors (Lipinski definition) is 1. The van der Waals surface area contributed by atoms with Crippen LogP contribution in [0.5, 0.6) is 11.5 Å². The molecule has 0 radical (unpaired) electrons. The van der Waals surface area contributed by atoms with Crippen molar-refractivity contribution in [1.82, 2.24) is 4.90 Å². The zero-order valence-corrected chi connectivity index (χ0v) is 30.2. The summed E-state index contributed by atoms with van der Waals surface area (Å²) in [5.41, 5.74) is -2.36. The maximum Gasteiger partial charge on any atom is 0.514 e. The molecule has 50 heavy (non-hydrogen) atoms. The molecule has 1 spiro atoms. The number of carbonyl (C=O) groups is 4. The summed E-state index contributed by atoms with van der Waals surface area (Å²) in [5.74, 6) is -3.62. The smallest absolute Gasteiger partial charge is 0.477 e. The predicted octanol–water partition coefficient (Wildman–Crippen LogP) is 3.61. The number of benzene rings is 1. The fourth-order valence-electron chi connectivity index (χ4n) is 7.82. The van der Waals surface area contributed by atoms with Gasteiger partial charge in [-0.1, -0.05) is 6.07 Å². The van der Waals surface area contributed by atoms with Gasteiger partial charge in [0, 0.05) is 18.0 Å². The fraction of sp³-hybridized carbons (Fsp3) is 0.667. The molecular formula is C36H47NO13. The van der Waals surface area contributed by atoms with Crippen molar-refractivity contribution in [3.8, 4) is 11.5 Å². The molecule has 1 unspecified atom stereocenters. The highest BCUT2D eigenvalue weighted by Crippen LogP contribution is 2.65. The van der Waals surface area contributed by atoms with Crippen molar-refractivity contribution in [3.63, 3.8) is 0 Å². The summed E-state index contributed by atoms with van der Waals surface area (Å²) in [6.07, 6.45) is -3.61. The third-order valence-corrected chi connectivity index (χ3v) is 9.73. The highest BCUT2D eigenvalue weighted by Gasteiger charge is 2.72. The Labute approximate surface area is 291 Å². The van der Waals surface area contributed by atoms with E-state index in [4.69, 9.17) is 37.9 Å². The Balaban J connectivity index is 1.29. The van der Waals surface area contributed by atoms with E-state index in [1.54, 1.807) is 53.7 Å². The fourth-order valence-corrected chi connectivity index (χ4v) is 7.82. The van der Waals surface area contributed by atoms with E-state index in [2.05, 4.69) is 4.90 Å². The molecule has 1 aromatic carbocycles. The van der Waals surface area contributed by atoms with Gasteiger partial charge in [0.2, 0.25) is 0 Å². The molecular weight excluding hydrogens is 654 g/mol. The third-order valence-electron chi connectivity index (χ3n) is 9.73. The molecule has 14 nitrogen and oxygen atoms in total. The second kappa shape index (κ2) is 11.9. The molecule has 3 aliphatic heterocycles. The molecule has 6 rings (SSSR count). The number of likely N-dealkylation sites (N-methyl/N-ethyl adjacent to an activating group) is 1. The van der Waals surface area contributed by atoms with Crippen molar-refractivity contribution >= 4 is 24.1 Å². The van der Waals surface area contributed by atoms with E-state index >= 15 is 0 Å². The Hall–Kier alpha value is -3.72. The Morgan fingerprint density at radius 3 is 2.24 bits per heavy atom. The van der Waals surface area contributed by atoms with Crippen LogP contribution in [0.4, 0.5) is 4.79 Å². The average Bonchev–Trinajstić information content (AvgIpc) is 3.50. The lowest BCUT2D eigenvalue weighted by Gasteiger charge is -2.61. The van der Waals surface area contributed by atoms with Gasteiger partial charge in [0.25, 0.3) is 0 Å². The van der Waals surface area contributed by atoms with Crippen LogP contribution in [-0.2, 0) is 54.6 Å². The molecule has 0 saturated carbocycles. The number of likely N-dealkylation sites (tertiary alicyclic amines) is 1. The van der Waals surface area contributed by atoms with E-state index in [0.717, 1.165) is 5.56 Å². The van der Waals surface area contributed by atoms with Gasteiger partial charge in [-0.15, -0.1) is 0 Å². The number of nitrogens with zero attached hydrogens (tertiary/aromatic N) is 1. The highest BCUT2D eigenvalue weighted by molar-refractivity contribution is 5.88. The standard InChI is InChI=1S/C36H47NO13/c1-18(28(38)49-32(2,3)4)43-29(39)25-26(48-34(8,9)47-25)30(40)44-21-13-14-36(42)22-17-19-11-12-20(45-31(41)50-33(5,6)7)24-23(19)35(36,27(21)46-24)15-16-37(22)10/h11-13,18,22,25-27,42H,14-17H2,1-10H3/t18?,22-,25-,26-,27+,35+,36-/m1/s1. The molecule has 2 aliphatic carbocycles. The van der Waals surface area contributed by atoms with Crippen LogP contribution in [0.1, 0.15) is 86.3 Å². The number of piperidine rings is 1. The van der Waals surface area contributed by atoms with E-state index in [1.165, 1.54) is 20.8 Å². The molecule has 274 valence electrons. The van der Waals surface area contributed by atoms with Crippen LogP contribution in [0.25, 0.3) is 0 Å². The van der Waals surface area contributed by atoms with Crippen LogP contribution >= 0.6 is 0 Å². The van der Waals surface area contributed by atoms with E-state index in [1.807, 2.05) is 13.1 Å². The molecule has 2 saturated heterocycles. The van der Waals surface area contributed by atoms with Gasteiger partial charge in [0.15, 0.2) is 41.7 Å². The summed E-state index contributed by atoms with van der Waals surface area (Å²) in [4.78, 5) is 54.6. The van der Waals surface area contributed by atoms with Crippen molar-refractivity contribution in [2.75, 3.05) is 13.6 Å². The molecule has 1 N–H and O–H groups in total. The summed E-state index contributed by atoms with van der Waals surface area (Å²) in [5, 5.41) is 12.6. The van der Waals surface area contributed by atoms with Gasteiger partial charge in [-0.05, 0) is 106 Å². The van der Waals surface area contributed by atoms with Gasteiger partial charge >= 0.3 is 24.1 Å². The van der Waals surface area contributed by atoms with Gasteiger partial charge in [0.05, 0.1) is 11.0 Å². The highest BCUT2D eigenvalue weighted by atomic mass is 16.8. The molecule has 0 aromatic heterocycles. The van der Waals surface area contributed by atoms with Crippen LogP contribution in [0.15, 0.2) is 24.0 Å². The minimum absolute atomic E-state index is 0.109. The second-order valence-electron chi connectivity index (χ2n) is 16.2. The van der Waals surface area contributed by atoms with E-state index in [0.29, 0.717) is 24.9 Å².